The highest BCUT2D eigenvalue weighted by atomic mass is 32.2. The van der Waals surface area contributed by atoms with Gasteiger partial charge in [-0.2, -0.15) is 0 Å². The van der Waals surface area contributed by atoms with Crippen LogP contribution in [0.3, 0.4) is 0 Å². The minimum atomic E-state index is 0.0630. The van der Waals surface area contributed by atoms with Crippen molar-refractivity contribution >= 4 is 28.7 Å². The van der Waals surface area contributed by atoms with E-state index in [1.165, 1.54) is 11.8 Å². The maximum absolute atomic E-state index is 12.2. The number of tetrazole rings is 1. The molecule has 0 atom stereocenters. The highest BCUT2D eigenvalue weighted by Crippen LogP contribution is 2.15. The standard InChI is InChI=1S/C14H17N7OS/c1-20(9-12-15-10-5-3-4-6-11(10)16-12)13(22)7-8-23-14-17-18-19-21(14)2/h3-6H,7-9H2,1-2H3,(H,15,16). The van der Waals surface area contributed by atoms with E-state index < -0.39 is 0 Å². The van der Waals surface area contributed by atoms with Crippen LogP contribution >= 0.6 is 11.8 Å². The van der Waals surface area contributed by atoms with E-state index in [2.05, 4.69) is 25.5 Å². The number of benzene rings is 1. The number of thioether (sulfide) groups is 1. The normalized spacial score (nSPS) is 11.0. The SMILES string of the molecule is CN(Cc1nc2ccccc2[nH]1)C(=O)CCSc1nnnn1C. The van der Waals surface area contributed by atoms with Gasteiger partial charge in [0.05, 0.1) is 17.6 Å². The Morgan fingerprint density at radius 2 is 2.22 bits per heavy atom. The first-order valence-corrected chi connectivity index (χ1v) is 8.15. The highest BCUT2D eigenvalue weighted by Gasteiger charge is 2.12. The van der Waals surface area contributed by atoms with Crippen molar-refractivity contribution in [3.63, 3.8) is 0 Å². The van der Waals surface area contributed by atoms with Crippen LogP contribution in [0, 0.1) is 0 Å². The van der Waals surface area contributed by atoms with Crippen LogP contribution in [0.5, 0.6) is 0 Å². The first kappa shape index (κ1) is 15.5. The number of H-pyrrole nitrogens is 1. The molecule has 0 aliphatic carbocycles. The number of aromatic nitrogens is 6. The molecule has 0 fully saturated rings. The van der Waals surface area contributed by atoms with Gasteiger partial charge in [-0.25, -0.2) is 9.67 Å². The van der Waals surface area contributed by atoms with Crippen LogP contribution in [0.15, 0.2) is 29.4 Å². The molecule has 0 aliphatic rings. The number of nitrogens with zero attached hydrogens (tertiary/aromatic N) is 6. The van der Waals surface area contributed by atoms with Crippen molar-refractivity contribution in [2.24, 2.45) is 7.05 Å². The largest absolute Gasteiger partial charge is 0.340 e. The second-order valence-corrected chi connectivity index (χ2v) is 6.20. The number of carbonyl (C=O) groups is 1. The van der Waals surface area contributed by atoms with E-state index in [1.54, 1.807) is 23.7 Å². The maximum atomic E-state index is 12.2. The number of nitrogens with one attached hydrogen (secondary N) is 1. The zero-order valence-corrected chi connectivity index (χ0v) is 13.7. The Hall–Kier alpha value is -2.42. The monoisotopic (exact) mass is 331 g/mol. The van der Waals surface area contributed by atoms with Gasteiger partial charge in [-0.3, -0.25) is 4.79 Å². The fourth-order valence-corrected chi connectivity index (χ4v) is 2.93. The molecule has 9 heteroatoms. The van der Waals surface area contributed by atoms with Crippen LogP contribution in [0.2, 0.25) is 0 Å². The second kappa shape index (κ2) is 6.78. The predicted octanol–water partition coefficient (Wildman–Crippen LogP) is 1.23. The molecule has 1 amide bonds. The first-order chi connectivity index (χ1) is 11.1. The molecule has 2 heterocycles. The predicted molar refractivity (Wildman–Crippen MR) is 86.7 cm³/mol. The summed E-state index contributed by atoms with van der Waals surface area (Å²) in [6.07, 6.45) is 0.425. The molecule has 0 radical (unpaired) electrons. The number of hydrogen-bond donors (Lipinski definition) is 1. The Morgan fingerprint density at radius 1 is 1.39 bits per heavy atom. The van der Waals surface area contributed by atoms with E-state index in [1.807, 2.05) is 24.3 Å². The number of fused-ring (bicyclic) bond motifs is 1. The smallest absolute Gasteiger partial charge is 0.223 e. The van der Waals surface area contributed by atoms with Gasteiger partial charge in [0.1, 0.15) is 5.82 Å². The summed E-state index contributed by atoms with van der Waals surface area (Å²) in [7, 11) is 3.56. The molecule has 0 unspecified atom stereocenters. The molecule has 1 aromatic carbocycles. The number of aryl methyl sites for hydroxylation is 1. The molecule has 0 saturated carbocycles. The molecule has 0 spiro atoms. The van der Waals surface area contributed by atoms with Gasteiger partial charge in [0.15, 0.2) is 0 Å². The van der Waals surface area contributed by atoms with Gasteiger partial charge in [0.25, 0.3) is 0 Å². The Bertz CT molecular complexity index is 779. The molecule has 8 nitrogen and oxygen atoms in total. The Balaban J connectivity index is 1.52. The van der Waals surface area contributed by atoms with Crippen molar-refractivity contribution in [2.75, 3.05) is 12.8 Å². The summed E-state index contributed by atoms with van der Waals surface area (Å²) in [6, 6.07) is 7.82. The summed E-state index contributed by atoms with van der Waals surface area (Å²) in [5.41, 5.74) is 1.89. The van der Waals surface area contributed by atoms with E-state index in [-0.39, 0.29) is 5.91 Å². The Labute approximate surface area is 137 Å². The summed E-state index contributed by atoms with van der Waals surface area (Å²) in [5.74, 6) is 1.48. The third-order valence-corrected chi connectivity index (χ3v) is 4.39. The van der Waals surface area contributed by atoms with Crippen LogP contribution in [-0.4, -0.2) is 53.8 Å². The van der Waals surface area contributed by atoms with Crippen LogP contribution in [-0.2, 0) is 18.4 Å². The van der Waals surface area contributed by atoms with Gasteiger partial charge in [0.2, 0.25) is 11.1 Å². The zero-order valence-electron chi connectivity index (χ0n) is 12.9. The van der Waals surface area contributed by atoms with Crippen LogP contribution < -0.4 is 0 Å². The highest BCUT2D eigenvalue weighted by molar-refractivity contribution is 7.99. The number of para-hydroxylation sites is 2. The molecule has 3 rings (SSSR count). The van der Waals surface area contributed by atoms with Crippen molar-refractivity contribution < 1.29 is 4.79 Å². The molecular formula is C14H17N7OS. The van der Waals surface area contributed by atoms with Crippen LogP contribution in [0.4, 0.5) is 0 Å². The van der Waals surface area contributed by atoms with Crippen molar-refractivity contribution in [1.82, 2.24) is 35.1 Å². The summed E-state index contributed by atoms with van der Waals surface area (Å²) in [5, 5.41) is 11.9. The lowest BCUT2D eigenvalue weighted by atomic mass is 10.3. The fraction of sp³-hybridized carbons (Fsp3) is 0.357. The summed E-state index contributed by atoms with van der Waals surface area (Å²) < 4.78 is 1.59. The molecule has 1 N–H and O–H groups in total. The lowest BCUT2D eigenvalue weighted by Gasteiger charge is -2.15. The van der Waals surface area contributed by atoms with Gasteiger partial charge in [-0.05, 0) is 22.6 Å². The maximum Gasteiger partial charge on any atom is 0.223 e. The molecular weight excluding hydrogens is 314 g/mol. The lowest BCUT2D eigenvalue weighted by molar-refractivity contribution is -0.130. The summed E-state index contributed by atoms with van der Waals surface area (Å²) in [4.78, 5) is 21.6. The van der Waals surface area contributed by atoms with Crippen LogP contribution in [0.1, 0.15) is 12.2 Å². The summed E-state index contributed by atoms with van der Waals surface area (Å²) in [6.45, 7) is 0.462. The quantitative estimate of drug-likeness (QED) is 0.683. The molecule has 0 bridgehead atoms. The van der Waals surface area contributed by atoms with E-state index >= 15 is 0 Å². The molecule has 3 aromatic rings. The average molecular weight is 331 g/mol. The lowest BCUT2D eigenvalue weighted by Crippen LogP contribution is -2.26. The number of rotatable bonds is 6. The molecule has 120 valence electrons. The van der Waals surface area contributed by atoms with E-state index in [0.29, 0.717) is 23.9 Å². The Kier molecular flexibility index (Phi) is 4.56. The van der Waals surface area contributed by atoms with Gasteiger partial charge in [-0.1, -0.05) is 23.9 Å². The summed E-state index contributed by atoms with van der Waals surface area (Å²) >= 11 is 1.47. The third-order valence-electron chi connectivity index (χ3n) is 3.38. The van der Waals surface area contributed by atoms with Crippen molar-refractivity contribution in [2.45, 2.75) is 18.1 Å². The van der Waals surface area contributed by atoms with E-state index in [4.69, 9.17) is 0 Å². The van der Waals surface area contributed by atoms with Gasteiger partial charge >= 0.3 is 0 Å². The number of hydrogen-bond acceptors (Lipinski definition) is 6. The fourth-order valence-electron chi connectivity index (χ4n) is 2.16. The number of amides is 1. The van der Waals surface area contributed by atoms with E-state index in [9.17, 15) is 4.79 Å². The molecule has 23 heavy (non-hydrogen) atoms. The minimum absolute atomic E-state index is 0.0630. The third kappa shape index (κ3) is 3.67. The number of carbonyl (C=O) groups excluding carboxylic acids is 1. The Morgan fingerprint density at radius 3 is 2.96 bits per heavy atom. The number of aromatic amines is 1. The van der Waals surface area contributed by atoms with Gasteiger partial charge in [0, 0.05) is 26.3 Å². The average Bonchev–Trinajstić information content (AvgIpc) is 3.12. The van der Waals surface area contributed by atoms with Gasteiger partial charge in [-0.15, -0.1) is 5.10 Å². The van der Waals surface area contributed by atoms with E-state index in [0.717, 1.165) is 16.9 Å². The molecule has 0 saturated heterocycles. The molecule has 2 aromatic heterocycles. The van der Waals surface area contributed by atoms with Crippen molar-refractivity contribution in [3.05, 3.63) is 30.1 Å². The minimum Gasteiger partial charge on any atom is -0.340 e. The zero-order chi connectivity index (χ0) is 16.2. The van der Waals surface area contributed by atoms with Crippen molar-refractivity contribution in [3.8, 4) is 0 Å². The topological polar surface area (TPSA) is 92.6 Å². The number of imidazole rings is 1. The molecule has 0 aliphatic heterocycles. The van der Waals surface area contributed by atoms with Crippen molar-refractivity contribution in [1.29, 1.82) is 0 Å². The van der Waals surface area contributed by atoms with Crippen LogP contribution in [0.25, 0.3) is 11.0 Å². The second-order valence-electron chi connectivity index (χ2n) is 5.13. The first-order valence-electron chi connectivity index (χ1n) is 7.16. The van der Waals surface area contributed by atoms with Gasteiger partial charge < -0.3 is 9.88 Å².